The minimum atomic E-state index is -4.64. The Bertz CT molecular complexity index is 729. The Morgan fingerprint density at radius 1 is 0.460 bits per heavy atom. The summed E-state index contributed by atoms with van der Waals surface area (Å²) < 4.78 is 27.0. The Morgan fingerprint density at radius 3 is 1.08 bits per heavy atom. The van der Waals surface area contributed by atoms with E-state index in [4.69, 9.17) is 19.3 Å². The second-order valence-corrected chi connectivity index (χ2v) is 16.3. The number of esters is 1. The monoisotopic (exact) mass is 733 g/mol. The van der Waals surface area contributed by atoms with Crippen molar-refractivity contribution in [1.29, 1.82) is 0 Å². The van der Waals surface area contributed by atoms with Crippen molar-refractivity contribution in [1.82, 2.24) is 0 Å². The zero-order valence-electron chi connectivity index (χ0n) is 33.3. The molecule has 0 aromatic rings. The number of phosphoric acid groups is 1. The van der Waals surface area contributed by atoms with Crippen LogP contribution in [0.1, 0.15) is 239 Å². The van der Waals surface area contributed by atoms with Crippen molar-refractivity contribution in [2.24, 2.45) is 0 Å². The van der Waals surface area contributed by atoms with Crippen molar-refractivity contribution in [3.8, 4) is 0 Å². The third kappa shape index (κ3) is 42.0. The average molecular weight is 733 g/mol. The maximum absolute atomic E-state index is 12.4. The molecule has 0 saturated heterocycles. The van der Waals surface area contributed by atoms with E-state index >= 15 is 0 Å². The van der Waals surface area contributed by atoms with Gasteiger partial charge in [-0.25, -0.2) is 4.57 Å². The molecule has 0 heterocycles. The van der Waals surface area contributed by atoms with E-state index in [9.17, 15) is 9.36 Å². The van der Waals surface area contributed by atoms with Gasteiger partial charge in [-0.05, 0) is 12.8 Å². The number of carbonyl (C=O) groups excluding carboxylic acids is 1. The van der Waals surface area contributed by atoms with E-state index in [1.54, 1.807) is 0 Å². The Labute approximate surface area is 310 Å². The standard InChI is InChI=1S/C42H85O7P/c1-3-5-7-9-11-13-15-17-19-20-21-22-23-24-26-28-30-32-34-36-38-47-39-41(40-48-50(44,45)46)49-42(43)37-35-33-31-29-27-25-18-16-14-12-10-8-6-4-2/h41H,3-40H2,1-2H3,(H2,44,45,46)/t41-/m1/s1. The van der Waals surface area contributed by atoms with Crippen molar-refractivity contribution >= 4 is 13.8 Å². The van der Waals surface area contributed by atoms with Crippen LogP contribution in [0.5, 0.6) is 0 Å². The molecule has 50 heavy (non-hydrogen) atoms. The summed E-state index contributed by atoms with van der Waals surface area (Å²) in [6, 6.07) is 0. The molecule has 0 unspecified atom stereocenters. The van der Waals surface area contributed by atoms with E-state index in [0.29, 0.717) is 13.0 Å². The van der Waals surface area contributed by atoms with Crippen LogP contribution in [-0.2, 0) is 23.4 Å². The van der Waals surface area contributed by atoms with Gasteiger partial charge in [0.25, 0.3) is 0 Å². The molecule has 0 fully saturated rings. The van der Waals surface area contributed by atoms with Crippen LogP contribution in [-0.4, -0.2) is 41.7 Å². The van der Waals surface area contributed by atoms with E-state index in [0.717, 1.165) is 32.1 Å². The molecule has 0 radical (unpaired) electrons. The lowest BCUT2D eigenvalue weighted by atomic mass is 10.0. The number of ether oxygens (including phenoxy) is 2. The third-order valence-electron chi connectivity index (χ3n) is 9.91. The minimum Gasteiger partial charge on any atom is -0.457 e. The molecule has 0 rings (SSSR count). The molecule has 1 atom stereocenters. The normalized spacial score (nSPS) is 12.5. The van der Waals surface area contributed by atoms with E-state index in [-0.39, 0.29) is 19.2 Å². The summed E-state index contributed by atoms with van der Waals surface area (Å²) in [6.07, 6.45) is 43.9. The number of unbranched alkanes of at least 4 members (excludes halogenated alkanes) is 32. The Kier molecular flexibility index (Phi) is 39.4. The van der Waals surface area contributed by atoms with Gasteiger partial charge in [0.2, 0.25) is 0 Å². The van der Waals surface area contributed by atoms with Crippen LogP contribution in [0.2, 0.25) is 0 Å². The largest absolute Gasteiger partial charge is 0.469 e. The predicted molar refractivity (Wildman–Crippen MR) is 212 cm³/mol. The van der Waals surface area contributed by atoms with Crippen molar-refractivity contribution in [2.75, 3.05) is 19.8 Å². The van der Waals surface area contributed by atoms with Crippen molar-refractivity contribution < 1.29 is 33.1 Å². The topological polar surface area (TPSA) is 102 Å². The zero-order valence-corrected chi connectivity index (χ0v) is 34.2. The molecule has 0 spiro atoms. The number of phosphoric ester groups is 1. The highest BCUT2D eigenvalue weighted by Crippen LogP contribution is 2.36. The molecule has 0 aliphatic carbocycles. The fourth-order valence-corrected chi connectivity index (χ4v) is 7.04. The van der Waals surface area contributed by atoms with Crippen molar-refractivity contribution in [3.05, 3.63) is 0 Å². The summed E-state index contributed by atoms with van der Waals surface area (Å²) in [6.45, 7) is 4.81. The maximum Gasteiger partial charge on any atom is 0.469 e. The van der Waals surface area contributed by atoms with Crippen LogP contribution >= 0.6 is 7.82 Å². The Hall–Kier alpha value is -0.460. The van der Waals surface area contributed by atoms with Crippen LogP contribution < -0.4 is 0 Å². The maximum atomic E-state index is 12.4. The van der Waals surface area contributed by atoms with Gasteiger partial charge in [0.05, 0.1) is 13.2 Å². The molecular formula is C42H85O7P. The van der Waals surface area contributed by atoms with Crippen LogP contribution in [0, 0.1) is 0 Å². The quantitative estimate of drug-likeness (QED) is 0.0366. The fraction of sp³-hybridized carbons (Fsp3) is 0.976. The van der Waals surface area contributed by atoms with Gasteiger partial charge >= 0.3 is 13.8 Å². The molecular weight excluding hydrogens is 647 g/mol. The van der Waals surface area contributed by atoms with Gasteiger partial charge in [-0.15, -0.1) is 0 Å². The lowest BCUT2D eigenvalue weighted by Crippen LogP contribution is -2.28. The zero-order chi connectivity index (χ0) is 36.6. The molecule has 0 amide bonds. The van der Waals surface area contributed by atoms with E-state index in [1.807, 2.05) is 0 Å². The first kappa shape index (κ1) is 49.5. The summed E-state index contributed by atoms with van der Waals surface area (Å²) >= 11 is 0. The molecule has 0 bridgehead atoms. The highest BCUT2D eigenvalue weighted by atomic mass is 31.2. The highest BCUT2D eigenvalue weighted by molar-refractivity contribution is 7.46. The van der Waals surface area contributed by atoms with Crippen LogP contribution in [0.4, 0.5) is 0 Å². The Balaban J connectivity index is 3.70. The summed E-state index contributed by atoms with van der Waals surface area (Å²) in [5.74, 6) is -0.356. The number of hydrogen-bond donors (Lipinski definition) is 2. The summed E-state index contributed by atoms with van der Waals surface area (Å²) in [5.41, 5.74) is 0. The minimum absolute atomic E-state index is 0.0869. The SMILES string of the molecule is CCCCCCCCCCCCCCCCCCCCCCOC[C@H](COP(=O)(O)O)OC(=O)CCCCCCCCCCCCCCCC. The van der Waals surface area contributed by atoms with Gasteiger partial charge < -0.3 is 19.3 Å². The van der Waals surface area contributed by atoms with Crippen LogP contribution in [0.15, 0.2) is 0 Å². The molecule has 0 aliphatic heterocycles. The summed E-state index contributed by atoms with van der Waals surface area (Å²) in [5, 5.41) is 0. The molecule has 7 nitrogen and oxygen atoms in total. The van der Waals surface area contributed by atoms with Crippen LogP contribution in [0.25, 0.3) is 0 Å². The second kappa shape index (κ2) is 39.7. The summed E-state index contributed by atoms with van der Waals surface area (Å²) in [7, 11) is -4.64. The third-order valence-corrected chi connectivity index (χ3v) is 10.4. The van der Waals surface area contributed by atoms with E-state index < -0.39 is 13.9 Å². The van der Waals surface area contributed by atoms with Gasteiger partial charge in [0, 0.05) is 13.0 Å². The van der Waals surface area contributed by atoms with Gasteiger partial charge in [0.15, 0.2) is 0 Å². The molecule has 0 aromatic heterocycles. The van der Waals surface area contributed by atoms with Crippen LogP contribution in [0.3, 0.4) is 0 Å². The van der Waals surface area contributed by atoms with Gasteiger partial charge in [0.1, 0.15) is 6.10 Å². The first-order valence-electron chi connectivity index (χ1n) is 21.9. The lowest BCUT2D eigenvalue weighted by molar-refractivity contribution is -0.154. The number of rotatable bonds is 42. The summed E-state index contributed by atoms with van der Waals surface area (Å²) in [4.78, 5) is 30.6. The predicted octanol–water partition coefficient (Wildman–Crippen LogP) is 13.7. The molecule has 8 heteroatoms. The molecule has 0 saturated carbocycles. The van der Waals surface area contributed by atoms with Gasteiger partial charge in [-0.1, -0.05) is 219 Å². The highest BCUT2D eigenvalue weighted by Gasteiger charge is 2.21. The average Bonchev–Trinajstić information content (AvgIpc) is 3.09. The number of carbonyl (C=O) groups is 1. The Morgan fingerprint density at radius 2 is 0.760 bits per heavy atom. The fourth-order valence-electron chi connectivity index (χ4n) is 6.68. The number of hydrogen-bond acceptors (Lipinski definition) is 5. The smallest absolute Gasteiger partial charge is 0.457 e. The van der Waals surface area contributed by atoms with Crippen molar-refractivity contribution in [3.63, 3.8) is 0 Å². The van der Waals surface area contributed by atoms with E-state index in [1.165, 1.54) is 186 Å². The van der Waals surface area contributed by atoms with Crippen molar-refractivity contribution in [2.45, 2.75) is 245 Å². The van der Waals surface area contributed by atoms with Gasteiger partial charge in [-0.3, -0.25) is 9.32 Å². The molecule has 2 N–H and O–H groups in total. The molecule has 0 aromatic carbocycles. The second-order valence-electron chi connectivity index (χ2n) is 15.0. The first-order valence-corrected chi connectivity index (χ1v) is 23.4. The van der Waals surface area contributed by atoms with Gasteiger partial charge in [-0.2, -0.15) is 0 Å². The lowest BCUT2D eigenvalue weighted by Gasteiger charge is -2.18. The molecule has 300 valence electrons. The first-order chi connectivity index (χ1) is 24.4. The van der Waals surface area contributed by atoms with E-state index in [2.05, 4.69) is 18.4 Å². The molecule has 0 aliphatic rings.